The van der Waals surface area contributed by atoms with Crippen molar-refractivity contribution in [1.29, 1.82) is 0 Å². The fourth-order valence-electron chi connectivity index (χ4n) is 1.15. The molecule has 0 aliphatic carbocycles. The number of aromatic nitrogens is 1. The summed E-state index contributed by atoms with van der Waals surface area (Å²) in [5, 5.41) is 8.89. The highest BCUT2D eigenvalue weighted by molar-refractivity contribution is 9.10. The molecule has 5 nitrogen and oxygen atoms in total. The Morgan fingerprint density at radius 3 is 2.75 bits per heavy atom. The summed E-state index contributed by atoms with van der Waals surface area (Å²) in [5.41, 5.74) is 0.205. The van der Waals surface area contributed by atoms with E-state index in [1.165, 1.54) is 12.1 Å². The molecule has 1 N–H and O–H groups in total. The maximum Gasteiger partial charge on any atom is 0.337 e. The van der Waals surface area contributed by atoms with Crippen molar-refractivity contribution in [2.45, 2.75) is 13.3 Å². The van der Waals surface area contributed by atoms with E-state index in [4.69, 9.17) is 9.84 Å². The van der Waals surface area contributed by atoms with Gasteiger partial charge in [-0.1, -0.05) is 0 Å². The Bertz CT molecular complexity index is 419. The highest BCUT2D eigenvalue weighted by Crippen LogP contribution is 2.13. The van der Waals surface area contributed by atoms with E-state index in [1.807, 2.05) is 0 Å². The number of ether oxygens (including phenoxy) is 1. The van der Waals surface area contributed by atoms with Crippen molar-refractivity contribution in [3.05, 3.63) is 28.0 Å². The maximum atomic E-state index is 11.2. The summed E-state index contributed by atoms with van der Waals surface area (Å²) in [6.07, 6.45) is -0.144. The smallest absolute Gasteiger partial charge is 0.337 e. The Labute approximate surface area is 101 Å². The number of hydrogen-bond donors (Lipinski definition) is 1. The number of esters is 1. The minimum absolute atomic E-state index is 0.0104. The van der Waals surface area contributed by atoms with Gasteiger partial charge in [0.2, 0.25) is 0 Å². The first-order valence-corrected chi connectivity index (χ1v) is 5.38. The fourth-order valence-corrected chi connectivity index (χ4v) is 1.50. The number of nitrogens with zero attached hydrogens (tertiary/aromatic N) is 1. The molecule has 1 heterocycles. The van der Waals surface area contributed by atoms with Crippen LogP contribution in [-0.2, 0) is 16.0 Å². The first kappa shape index (κ1) is 12.6. The van der Waals surface area contributed by atoms with Crippen molar-refractivity contribution in [2.75, 3.05) is 6.61 Å². The minimum atomic E-state index is -1.11. The van der Waals surface area contributed by atoms with E-state index in [0.717, 1.165) is 0 Å². The molecule has 1 rings (SSSR count). The Morgan fingerprint density at radius 2 is 2.19 bits per heavy atom. The molecule has 0 atom stereocenters. The third-order valence-corrected chi connectivity index (χ3v) is 2.23. The summed E-state index contributed by atoms with van der Waals surface area (Å²) in [7, 11) is 0. The average Bonchev–Trinajstić information content (AvgIpc) is 2.17. The van der Waals surface area contributed by atoms with Gasteiger partial charge in [-0.15, -0.1) is 0 Å². The van der Waals surface area contributed by atoms with Gasteiger partial charge in [-0.3, -0.25) is 4.79 Å². The Hall–Kier alpha value is -1.43. The van der Waals surface area contributed by atoms with Crippen LogP contribution in [0.5, 0.6) is 0 Å². The van der Waals surface area contributed by atoms with Gasteiger partial charge in [0.25, 0.3) is 0 Å². The maximum absolute atomic E-state index is 11.2. The van der Waals surface area contributed by atoms with Crippen LogP contribution in [0, 0.1) is 0 Å². The van der Waals surface area contributed by atoms with E-state index >= 15 is 0 Å². The van der Waals surface area contributed by atoms with Crippen molar-refractivity contribution in [3.8, 4) is 0 Å². The molecule has 0 fully saturated rings. The van der Waals surface area contributed by atoms with Crippen LogP contribution >= 0.6 is 15.9 Å². The SMILES string of the molecule is CCOC(=O)Cc1nc(Br)ccc1C(=O)O. The lowest BCUT2D eigenvalue weighted by Crippen LogP contribution is -2.13. The molecular formula is C10H10BrNO4. The van der Waals surface area contributed by atoms with Gasteiger partial charge < -0.3 is 9.84 Å². The lowest BCUT2D eigenvalue weighted by atomic mass is 10.1. The average molecular weight is 288 g/mol. The number of hydrogen-bond acceptors (Lipinski definition) is 4. The lowest BCUT2D eigenvalue weighted by molar-refractivity contribution is -0.142. The van der Waals surface area contributed by atoms with Gasteiger partial charge in [0.05, 0.1) is 24.3 Å². The number of carboxylic acids is 1. The van der Waals surface area contributed by atoms with Crippen molar-refractivity contribution in [1.82, 2.24) is 4.98 Å². The third-order valence-electron chi connectivity index (χ3n) is 1.79. The lowest BCUT2D eigenvalue weighted by Gasteiger charge is -2.05. The standard InChI is InChI=1S/C10H10BrNO4/c1-2-16-9(13)5-7-6(10(14)15)3-4-8(11)12-7/h3-4H,2,5H2,1H3,(H,14,15). The van der Waals surface area contributed by atoms with Gasteiger partial charge in [0, 0.05) is 0 Å². The molecule has 0 aliphatic heterocycles. The molecule has 6 heteroatoms. The molecule has 0 saturated heterocycles. The zero-order valence-corrected chi connectivity index (χ0v) is 10.2. The first-order valence-electron chi connectivity index (χ1n) is 4.59. The second kappa shape index (κ2) is 5.60. The molecule has 86 valence electrons. The number of carbonyl (C=O) groups is 2. The van der Waals surface area contributed by atoms with E-state index in [1.54, 1.807) is 6.92 Å². The highest BCUT2D eigenvalue weighted by Gasteiger charge is 2.15. The molecule has 0 saturated carbocycles. The van der Waals surface area contributed by atoms with Gasteiger partial charge in [0.15, 0.2) is 0 Å². The Kier molecular flexibility index (Phi) is 4.42. The van der Waals surface area contributed by atoms with E-state index in [9.17, 15) is 9.59 Å². The van der Waals surface area contributed by atoms with Crippen molar-refractivity contribution in [3.63, 3.8) is 0 Å². The zero-order chi connectivity index (χ0) is 12.1. The first-order chi connectivity index (χ1) is 7.54. The summed E-state index contributed by atoms with van der Waals surface area (Å²) in [6, 6.07) is 2.91. The molecule has 0 bridgehead atoms. The van der Waals surface area contributed by atoms with Crippen LogP contribution in [-0.4, -0.2) is 28.6 Å². The van der Waals surface area contributed by atoms with Crippen LogP contribution in [0.25, 0.3) is 0 Å². The molecular weight excluding hydrogens is 278 g/mol. The summed E-state index contributed by atoms with van der Waals surface area (Å²) in [5.74, 6) is -1.60. The molecule has 0 aromatic carbocycles. The molecule has 1 aromatic heterocycles. The van der Waals surface area contributed by atoms with Gasteiger partial charge in [-0.25, -0.2) is 9.78 Å². The van der Waals surface area contributed by atoms with Gasteiger partial charge in [-0.2, -0.15) is 0 Å². The Balaban J connectivity index is 2.96. The van der Waals surface area contributed by atoms with Crippen molar-refractivity contribution >= 4 is 27.9 Å². The predicted octanol–water partition coefficient (Wildman–Crippen LogP) is 1.65. The fraction of sp³-hybridized carbons (Fsp3) is 0.300. The van der Waals surface area contributed by atoms with Crippen LogP contribution in [0.15, 0.2) is 16.7 Å². The molecule has 0 unspecified atom stereocenters. The van der Waals surface area contributed by atoms with Crippen molar-refractivity contribution in [2.24, 2.45) is 0 Å². The second-order valence-corrected chi connectivity index (χ2v) is 3.73. The highest BCUT2D eigenvalue weighted by atomic mass is 79.9. The molecule has 0 aliphatic rings. The van der Waals surface area contributed by atoms with Crippen molar-refractivity contribution < 1.29 is 19.4 Å². The minimum Gasteiger partial charge on any atom is -0.478 e. The van der Waals surface area contributed by atoms with Crippen LogP contribution in [0.2, 0.25) is 0 Å². The number of carboxylic acid groups (broad SMARTS) is 1. The quantitative estimate of drug-likeness (QED) is 0.673. The zero-order valence-electron chi connectivity index (χ0n) is 8.57. The van der Waals surface area contributed by atoms with Crippen LogP contribution in [0.3, 0.4) is 0 Å². The second-order valence-electron chi connectivity index (χ2n) is 2.92. The van der Waals surface area contributed by atoms with E-state index in [0.29, 0.717) is 4.60 Å². The number of carbonyl (C=O) groups excluding carboxylic acids is 1. The number of halogens is 1. The molecule has 0 spiro atoms. The van der Waals surface area contributed by atoms with Gasteiger partial charge in [0.1, 0.15) is 4.60 Å². The summed E-state index contributed by atoms with van der Waals surface area (Å²) < 4.78 is 5.22. The number of pyridine rings is 1. The van der Waals surface area contributed by atoms with Gasteiger partial charge in [-0.05, 0) is 35.0 Å². The number of rotatable bonds is 4. The van der Waals surface area contributed by atoms with E-state index in [-0.39, 0.29) is 24.3 Å². The Morgan fingerprint density at radius 1 is 1.50 bits per heavy atom. The summed E-state index contributed by atoms with van der Waals surface area (Å²) in [4.78, 5) is 26.0. The predicted molar refractivity (Wildman–Crippen MR) is 59.2 cm³/mol. The van der Waals surface area contributed by atoms with Crippen LogP contribution in [0.4, 0.5) is 0 Å². The van der Waals surface area contributed by atoms with Crippen LogP contribution < -0.4 is 0 Å². The van der Waals surface area contributed by atoms with E-state index in [2.05, 4.69) is 20.9 Å². The normalized spacial score (nSPS) is 9.88. The summed E-state index contributed by atoms with van der Waals surface area (Å²) >= 11 is 3.12. The molecule has 0 amide bonds. The van der Waals surface area contributed by atoms with Crippen LogP contribution in [0.1, 0.15) is 23.0 Å². The van der Waals surface area contributed by atoms with E-state index < -0.39 is 11.9 Å². The molecule has 0 radical (unpaired) electrons. The monoisotopic (exact) mass is 287 g/mol. The number of aromatic carboxylic acids is 1. The third kappa shape index (κ3) is 3.30. The molecule has 16 heavy (non-hydrogen) atoms. The largest absolute Gasteiger partial charge is 0.478 e. The molecule has 1 aromatic rings. The summed E-state index contributed by atoms with van der Waals surface area (Å²) in [6.45, 7) is 1.94. The van der Waals surface area contributed by atoms with Gasteiger partial charge >= 0.3 is 11.9 Å². The topological polar surface area (TPSA) is 76.5 Å².